The van der Waals surface area contributed by atoms with Crippen molar-refractivity contribution in [2.75, 3.05) is 0 Å². The standard InChI is InChI=1S/C38H53NO6/c1-23(2)12-11-15-27(35(42)43)33-29-20-31(41)34-36(5)18-17-30(39-44-22-26-13-9-8-10-14-26)24(3)28(36)16-19-37(34,6)38(29,7)21-32(33)45-25(4)40/h8-10,12-14,24,28-29,31-32,34,41H,11,15-22H2,1-7H3,(H,42,43)/b33-27-,39-30+/t24-,28-,29-,31+,32-,34-,36-,37-,38-/m0/s1. The molecule has 1 aromatic carbocycles. The Morgan fingerprint density at radius 1 is 1.07 bits per heavy atom. The minimum Gasteiger partial charge on any atom is -0.478 e. The molecule has 7 heteroatoms. The number of carbonyl (C=O) groups is 2. The van der Waals surface area contributed by atoms with Crippen molar-refractivity contribution >= 4 is 17.7 Å². The highest BCUT2D eigenvalue weighted by Gasteiger charge is 2.70. The van der Waals surface area contributed by atoms with Gasteiger partial charge in [0.1, 0.15) is 12.7 Å². The number of rotatable bonds is 8. The molecular weight excluding hydrogens is 566 g/mol. The molecule has 5 rings (SSSR count). The number of ether oxygens (including phenoxy) is 1. The van der Waals surface area contributed by atoms with Crippen LogP contribution < -0.4 is 0 Å². The predicted molar refractivity (Wildman–Crippen MR) is 175 cm³/mol. The molecule has 4 saturated carbocycles. The lowest BCUT2D eigenvalue weighted by atomic mass is 9.36. The highest BCUT2D eigenvalue weighted by Crippen LogP contribution is 2.74. The molecule has 0 amide bonds. The first-order chi connectivity index (χ1) is 21.2. The lowest BCUT2D eigenvalue weighted by Gasteiger charge is -2.68. The molecule has 4 aliphatic rings. The number of aliphatic carboxylic acids is 1. The molecule has 0 heterocycles. The minimum absolute atomic E-state index is 0.0375. The van der Waals surface area contributed by atoms with Crippen LogP contribution in [0.1, 0.15) is 105 Å². The largest absolute Gasteiger partial charge is 0.478 e. The fraction of sp³-hybridized carbons (Fsp3) is 0.658. The third-order valence-corrected chi connectivity index (χ3v) is 12.7. The summed E-state index contributed by atoms with van der Waals surface area (Å²) in [5.74, 6) is -0.875. The van der Waals surface area contributed by atoms with Gasteiger partial charge >= 0.3 is 11.9 Å². The number of aliphatic hydroxyl groups excluding tert-OH is 1. The number of fused-ring (bicyclic) bond motifs is 5. The molecule has 246 valence electrons. The second-order valence-corrected chi connectivity index (χ2v) is 15.3. The number of hydrogen-bond donors (Lipinski definition) is 2. The van der Waals surface area contributed by atoms with Gasteiger partial charge in [-0.15, -0.1) is 0 Å². The average molecular weight is 620 g/mol. The van der Waals surface area contributed by atoms with Crippen LogP contribution in [-0.2, 0) is 25.8 Å². The molecule has 0 saturated heterocycles. The van der Waals surface area contributed by atoms with Crippen LogP contribution in [-0.4, -0.2) is 40.1 Å². The zero-order valence-electron chi connectivity index (χ0n) is 28.3. The molecule has 2 N–H and O–H groups in total. The quantitative estimate of drug-likeness (QED) is 0.133. The highest BCUT2D eigenvalue weighted by atomic mass is 16.6. The topological polar surface area (TPSA) is 105 Å². The molecule has 4 aliphatic carbocycles. The molecule has 0 bridgehead atoms. The van der Waals surface area contributed by atoms with Crippen molar-refractivity contribution in [2.24, 2.45) is 45.1 Å². The SMILES string of the molecule is CC(=O)O[C@H]1C[C@@]2(C)[C@@H](C[C@@H](O)[C@H]3[C@@]4(C)CC/C(=N\OCc5ccccc5)[C@@H](C)[C@@H]4CC[C@@]32C)/C1=C(\CCC=C(C)C)C(=O)O. The summed E-state index contributed by atoms with van der Waals surface area (Å²) >= 11 is 0. The summed E-state index contributed by atoms with van der Waals surface area (Å²) in [5.41, 5.74) is 3.73. The Bertz CT molecular complexity index is 1380. The molecule has 9 atom stereocenters. The van der Waals surface area contributed by atoms with E-state index in [4.69, 9.17) is 9.57 Å². The fourth-order valence-electron chi connectivity index (χ4n) is 10.5. The number of carboxylic acids is 1. The zero-order valence-corrected chi connectivity index (χ0v) is 28.3. The molecule has 1 aromatic rings. The van der Waals surface area contributed by atoms with Gasteiger partial charge in [0, 0.05) is 18.4 Å². The van der Waals surface area contributed by atoms with Gasteiger partial charge in [-0.2, -0.15) is 0 Å². The van der Waals surface area contributed by atoms with E-state index < -0.39 is 24.1 Å². The van der Waals surface area contributed by atoms with Gasteiger partial charge in [0.05, 0.1) is 11.8 Å². The maximum absolute atomic E-state index is 12.8. The second kappa shape index (κ2) is 12.7. The number of oxime groups is 1. The molecule has 45 heavy (non-hydrogen) atoms. The van der Waals surface area contributed by atoms with Crippen LogP contribution >= 0.6 is 0 Å². The van der Waals surface area contributed by atoms with Crippen LogP contribution in [0.25, 0.3) is 0 Å². The van der Waals surface area contributed by atoms with Gasteiger partial charge in [0.2, 0.25) is 0 Å². The van der Waals surface area contributed by atoms with E-state index in [1.54, 1.807) is 0 Å². The number of hydrogen-bond acceptors (Lipinski definition) is 6. The Kier molecular flexibility index (Phi) is 9.43. The Morgan fingerprint density at radius 2 is 1.78 bits per heavy atom. The van der Waals surface area contributed by atoms with Crippen LogP contribution in [0.5, 0.6) is 0 Å². The molecule has 7 nitrogen and oxygen atoms in total. The van der Waals surface area contributed by atoms with Crippen LogP contribution in [0.3, 0.4) is 0 Å². The number of benzene rings is 1. The lowest BCUT2D eigenvalue weighted by Crippen LogP contribution is -2.65. The highest BCUT2D eigenvalue weighted by molar-refractivity contribution is 5.88. The molecule has 0 unspecified atom stereocenters. The first kappa shape index (κ1) is 33.4. The van der Waals surface area contributed by atoms with Gasteiger partial charge in [0.25, 0.3) is 0 Å². The first-order valence-corrected chi connectivity index (χ1v) is 16.9. The Balaban J connectivity index is 1.47. The van der Waals surface area contributed by atoms with Crippen molar-refractivity contribution in [1.82, 2.24) is 0 Å². The first-order valence-electron chi connectivity index (χ1n) is 16.9. The van der Waals surface area contributed by atoms with E-state index in [2.05, 4.69) is 38.9 Å². The van der Waals surface area contributed by atoms with E-state index in [1.807, 2.05) is 44.2 Å². The third-order valence-electron chi connectivity index (χ3n) is 12.7. The normalized spacial score (nSPS) is 39.2. The number of carbonyl (C=O) groups excluding carboxylic acids is 1. The molecule has 0 aliphatic heterocycles. The number of nitrogens with zero attached hydrogens (tertiary/aromatic N) is 1. The number of carboxylic acid groups (broad SMARTS) is 1. The maximum atomic E-state index is 12.8. The number of allylic oxidation sites excluding steroid dienone is 2. The summed E-state index contributed by atoms with van der Waals surface area (Å²) in [4.78, 5) is 31.0. The van der Waals surface area contributed by atoms with E-state index in [0.29, 0.717) is 43.8 Å². The van der Waals surface area contributed by atoms with Gasteiger partial charge in [-0.05, 0) is 110 Å². The fourth-order valence-corrected chi connectivity index (χ4v) is 10.5. The van der Waals surface area contributed by atoms with Gasteiger partial charge in [-0.25, -0.2) is 4.79 Å². The van der Waals surface area contributed by atoms with Crippen molar-refractivity contribution < 1.29 is 29.4 Å². The van der Waals surface area contributed by atoms with E-state index in [9.17, 15) is 19.8 Å². The predicted octanol–water partition coefficient (Wildman–Crippen LogP) is 7.88. The van der Waals surface area contributed by atoms with Gasteiger partial charge < -0.3 is 19.8 Å². The lowest BCUT2D eigenvalue weighted by molar-refractivity contribution is -0.218. The maximum Gasteiger partial charge on any atom is 0.331 e. The third kappa shape index (κ3) is 5.90. The number of aliphatic hydroxyl groups is 1. The number of esters is 1. The minimum atomic E-state index is -0.951. The van der Waals surface area contributed by atoms with Crippen LogP contribution in [0.2, 0.25) is 0 Å². The van der Waals surface area contributed by atoms with Crippen LogP contribution in [0, 0.1) is 39.9 Å². The summed E-state index contributed by atoms with van der Waals surface area (Å²) in [6.45, 7) is 15.1. The average Bonchev–Trinajstić information content (AvgIpc) is 3.23. The molecular formula is C38H53NO6. The Hall–Kier alpha value is -2.93. The summed E-state index contributed by atoms with van der Waals surface area (Å²) in [7, 11) is 0. The van der Waals surface area contributed by atoms with Crippen molar-refractivity contribution in [1.29, 1.82) is 0 Å². The summed E-state index contributed by atoms with van der Waals surface area (Å²) in [6, 6.07) is 10.1. The summed E-state index contributed by atoms with van der Waals surface area (Å²) < 4.78 is 5.95. The van der Waals surface area contributed by atoms with Crippen LogP contribution in [0.4, 0.5) is 0 Å². The summed E-state index contributed by atoms with van der Waals surface area (Å²) in [5, 5.41) is 27.3. The molecule has 0 radical (unpaired) electrons. The Labute approximate surface area is 269 Å². The molecule has 0 spiro atoms. The van der Waals surface area contributed by atoms with E-state index >= 15 is 0 Å². The van der Waals surface area contributed by atoms with Crippen molar-refractivity contribution in [2.45, 2.75) is 119 Å². The van der Waals surface area contributed by atoms with E-state index in [-0.39, 0.29) is 34.0 Å². The van der Waals surface area contributed by atoms with Gasteiger partial charge in [-0.1, -0.05) is 74.8 Å². The van der Waals surface area contributed by atoms with E-state index in [1.165, 1.54) is 6.92 Å². The van der Waals surface area contributed by atoms with Gasteiger partial charge in [-0.3, -0.25) is 4.79 Å². The van der Waals surface area contributed by atoms with Crippen molar-refractivity contribution in [3.8, 4) is 0 Å². The smallest absolute Gasteiger partial charge is 0.331 e. The molecule has 4 fully saturated rings. The monoisotopic (exact) mass is 619 g/mol. The van der Waals surface area contributed by atoms with Gasteiger partial charge in [0.15, 0.2) is 0 Å². The second-order valence-electron chi connectivity index (χ2n) is 15.3. The zero-order chi connectivity index (χ0) is 32.7. The Morgan fingerprint density at radius 3 is 2.42 bits per heavy atom. The summed E-state index contributed by atoms with van der Waals surface area (Å²) in [6.07, 6.45) is 6.63. The van der Waals surface area contributed by atoms with E-state index in [0.717, 1.165) is 48.1 Å². The van der Waals surface area contributed by atoms with Crippen molar-refractivity contribution in [3.05, 3.63) is 58.7 Å². The molecule has 0 aromatic heterocycles. The van der Waals surface area contributed by atoms with Crippen LogP contribution in [0.15, 0.2) is 58.3 Å². The van der Waals surface area contributed by atoms with Crippen molar-refractivity contribution in [3.63, 3.8) is 0 Å².